The standard InChI is InChI=1S/C18H24N2O/c1-12-9-16(15-7-2-3-8-17(15)19-12)18(21)20-10-13-5-4-6-14(13)11-20/h2-3,7-8,12-14,16,19H,4-6,9-11H2,1H3. The Hall–Kier alpha value is -1.51. The number of hydrogen-bond acceptors (Lipinski definition) is 2. The smallest absolute Gasteiger partial charge is 0.230 e. The van der Waals surface area contributed by atoms with Crippen LogP contribution in [0.2, 0.25) is 0 Å². The van der Waals surface area contributed by atoms with E-state index >= 15 is 0 Å². The largest absolute Gasteiger partial charge is 0.382 e. The second-order valence-corrected chi connectivity index (χ2v) is 7.12. The van der Waals surface area contributed by atoms with E-state index < -0.39 is 0 Å². The van der Waals surface area contributed by atoms with Crippen LogP contribution < -0.4 is 5.32 Å². The Morgan fingerprint density at radius 3 is 2.67 bits per heavy atom. The SMILES string of the molecule is CC1CC(C(=O)N2CC3CCCC3C2)c2ccccc2N1. The summed E-state index contributed by atoms with van der Waals surface area (Å²) in [4.78, 5) is 15.2. The van der Waals surface area contributed by atoms with E-state index in [2.05, 4.69) is 35.3 Å². The summed E-state index contributed by atoms with van der Waals surface area (Å²) in [7, 11) is 0. The highest BCUT2D eigenvalue weighted by molar-refractivity contribution is 5.86. The number of likely N-dealkylation sites (tertiary alicyclic amines) is 1. The second kappa shape index (κ2) is 5.04. The highest BCUT2D eigenvalue weighted by Crippen LogP contribution is 2.41. The Morgan fingerprint density at radius 1 is 1.19 bits per heavy atom. The van der Waals surface area contributed by atoms with Crippen molar-refractivity contribution in [1.29, 1.82) is 0 Å². The van der Waals surface area contributed by atoms with Crippen LogP contribution in [0.15, 0.2) is 24.3 Å². The molecule has 21 heavy (non-hydrogen) atoms. The quantitative estimate of drug-likeness (QED) is 0.858. The van der Waals surface area contributed by atoms with Crippen LogP contribution in [-0.2, 0) is 4.79 Å². The van der Waals surface area contributed by atoms with E-state index in [9.17, 15) is 4.79 Å². The maximum atomic E-state index is 13.0. The molecule has 1 N–H and O–H groups in total. The Bertz CT molecular complexity index is 544. The number of benzene rings is 1. The average molecular weight is 284 g/mol. The topological polar surface area (TPSA) is 32.3 Å². The van der Waals surface area contributed by atoms with Gasteiger partial charge in [0, 0.05) is 24.8 Å². The van der Waals surface area contributed by atoms with Crippen molar-refractivity contribution in [2.24, 2.45) is 11.8 Å². The van der Waals surface area contributed by atoms with Gasteiger partial charge in [-0.2, -0.15) is 0 Å². The van der Waals surface area contributed by atoms with E-state index in [1.807, 2.05) is 6.07 Å². The lowest BCUT2D eigenvalue weighted by Gasteiger charge is -2.33. The van der Waals surface area contributed by atoms with Crippen LogP contribution in [-0.4, -0.2) is 29.9 Å². The van der Waals surface area contributed by atoms with Crippen molar-refractivity contribution >= 4 is 11.6 Å². The molecular weight excluding hydrogens is 260 g/mol. The molecule has 3 nitrogen and oxygen atoms in total. The van der Waals surface area contributed by atoms with Gasteiger partial charge in [0.1, 0.15) is 0 Å². The zero-order valence-corrected chi connectivity index (χ0v) is 12.7. The third-order valence-electron chi connectivity index (χ3n) is 5.66. The minimum Gasteiger partial charge on any atom is -0.382 e. The minimum absolute atomic E-state index is 0.0521. The Morgan fingerprint density at radius 2 is 1.90 bits per heavy atom. The van der Waals surface area contributed by atoms with Gasteiger partial charge < -0.3 is 10.2 Å². The van der Waals surface area contributed by atoms with Crippen LogP contribution >= 0.6 is 0 Å². The van der Waals surface area contributed by atoms with Crippen molar-refractivity contribution in [1.82, 2.24) is 4.90 Å². The molecule has 0 bridgehead atoms. The molecule has 0 aromatic heterocycles. The van der Waals surface area contributed by atoms with Gasteiger partial charge in [0.05, 0.1) is 5.92 Å². The first-order chi connectivity index (χ1) is 10.2. The lowest BCUT2D eigenvalue weighted by Crippen LogP contribution is -2.38. The molecule has 0 spiro atoms. The zero-order valence-electron chi connectivity index (χ0n) is 12.7. The first-order valence-corrected chi connectivity index (χ1v) is 8.36. The first-order valence-electron chi connectivity index (χ1n) is 8.36. The van der Waals surface area contributed by atoms with Crippen LogP contribution in [0.3, 0.4) is 0 Å². The van der Waals surface area contributed by atoms with Crippen molar-refractivity contribution in [3.05, 3.63) is 29.8 Å². The number of anilines is 1. The fourth-order valence-electron chi connectivity index (χ4n) is 4.61. The van der Waals surface area contributed by atoms with Gasteiger partial charge in [0.25, 0.3) is 0 Å². The summed E-state index contributed by atoms with van der Waals surface area (Å²) >= 11 is 0. The summed E-state index contributed by atoms with van der Waals surface area (Å²) in [5.41, 5.74) is 2.34. The molecule has 1 aromatic carbocycles. The number of carbonyl (C=O) groups is 1. The highest BCUT2D eigenvalue weighted by Gasteiger charge is 2.41. The molecule has 4 rings (SSSR count). The van der Waals surface area contributed by atoms with Crippen molar-refractivity contribution in [3.8, 4) is 0 Å². The maximum absolute atomic E-state index is 13.0. The number of carbonyl (C=O) groups excluding carboxylic acids is 1. The second-order valence-electron chi connectivity index (χ2n) is 7.12. The van der Waals surface area contributed by atoms with Crippen molar-refractivity contribution in [2.45, 2.75) is 44.6 Å². The molecule has 2 fully saturated rings. The monoisotopic (exact) mass is 284 g/mol. The zero-order chi connectivity index (χ0) is 14.4. The van der Waals surface area contributed by atoms with Gasteiger partial charge in [-0.25, -0.2) is 0 Å². The van der Waals surface area contributed by atoms with E-state index in [4.69, 9.17) is 0 Å². The normalized spacial score (nSPS) is 34.2. The molecule has 4 unspecified atom stereocenters. The summed E-state index contributed by atoms with van der Waals surface area (Å²) in [5, 5.41) is 3.50. The molecule has 2 aliphatic heterocycles. The molecule has 4 atom stereocenters. The molecule has 3 heteroatoms. The average Bonchev–Trinajstić information content (AvgIpc) is 3.06. The number of fused-ring (bicyclic) bond motifs is 2. The third kappa shape index (κ3) is 2.23. The van der Waals surface area contributed by atoms with Crippen LogP contribution in [0.1, 0.15) is 44.1 Å². The molecular formula is C18H24N2O. The van der Waals surface area contributed by atoms with E-state index in [0.717, 1.165) is 37.0 Å². The van der Waals surface area contributed by atoms with Crippen LogP contribution in [0, 0.1) is 11.8 Å². The Kier molecular flexibility index (Phi) is 3.16. The van der Waals surface area contributed by atoms with E-state index in [1.54, 1.807) is 0 Å². The van der Waals surface area contributed by atoms with Gasteiger partial charge in [-0.3, -0.25) is 4.79 Å². The fraction of sp³-hybridized carbons (Fsp3) is 0.611. The number of nitrogens with zero attached hydrogens (tertiary/aromatic N) is 1. The molecule has 2 heterocycles. The van der Waals surface area contributed by atoms with E-state index in [0.29, 0.717) is 11.9 Å². The summed E-state index contributed by atoms with van der Waals surface area (Å²) in [6, 6.07) is 8.69. The molecule has 0 radical (unpaired) electrons. The van der Waals surface area contributed by atoms with Gasteiger partial charge in [-0.05, 0) is 49.7 Å². The summed E-state index contributed by atoms with van der Waals surface area (Å²) in [6.45, 7) is 4.18. The fourth-order valence-corrected chi connectivity index (χ4v) is 4.61. The summed E-state index contributed by atoms with van der Waals surface area (Å²) in [5.74, 6) is 1.98. The predicted molar refractivity (Wildman–Crippen MR) is 84.3 cm³/mol. The van der Waals surface area contributed by atoms with Crippen LogP contribution in [0.25, 0.3) is 0 Å². The first kappa shape index (κ1) is 13.2. The number of rotatable bonds is 1. The van der Waals surface area contributed by atoms with Crippen molar-refractivity contribution < 1.29 is 4.79 Å². The lowest BCUT2D eigenvalue weighted by molar-refractivity contribution is -0.132. The summed E-state index contributed by atoms with van der Waals surface area (Å²) in [6.07, 6.45) is 4.94. The number of nitrogens with one attached hydrogen (secondary N) is 1. The predicted octanol–water partition coefficient (Wildman–Crippen LogP) is 3.23. The molecule has 1 amide bonds. The van der Waals surface area contributed by atoms with Crippen LogP contribution in [0.4, 0.5) is 5.69 Å². The molecule has 112 valence electrons. The van der Waals surface area contributed by atoms with E-state index in [-0.39, 0.29) is 5.92 Å². The number of amides is 1. The van der Waals surface area contributed by atoms with Gasteiger partial charge in [0.15, 0.2) is 0 Å². The minimum atomic E-state index is 0.0521. The van der Waals surface area contributed by atoms with E-state index in [1.165, 1.54) is 24.8 Å². The van der Waals surface area contributed by atoms with Crippen molar-refractivity contribution in [3.63, 3.8) is 0 Å². The molecule has 1 saturated heterocycles. The number of hydrogen-bond donors (Lipinski definition) is 1. The van der Waals surface area contributed by atoms with Gasteiger partial charge in [-0.15, -0.1) is 0 Å². The molecule has 1 saturated carbocycles. The Balaban J connectivity index is 1.57. The van der Waals surface area contributed by atoms with Crippen LogP contribution in [0.5, 0.6) is 0 Å². The van der Waals surface area contributed by atoms with Crippen molar-refractivity contribution in [2.75, 3.05) is 18.4 Å². The summed E-state index contributed by atoms with van der Waals surface area (Å²) < 4.78 is 0. The Labute approximate surface area is 126 Å². The highest BCUT2D eigenvalue weighted by atomic mass is 16.2. The molecule has 1 aromatic rings. The molecule has 3 aliphatic rings. The third-order valence-corrected chi connectivity index (χ3v) is 5.66. The molecule has 1 aliphatic carbocycles. The number of para-hydroxylation sites is 1. The van der Waals surface area contributed by atoms with Gasteiger partial charge in [-0.1, -0.05) is 24.6 Å². The van der Waals surface area contributed by atoms with Gasteiger partial charge >= 0.3 is 0 Å². The maximum Gasteiger partial charge on any atom is 0.230 e. The lowest BCUT2D eigenvalue weighted by atomic mass is 9.86. The van der Waals surface area contributed by atoms with Gasteiger partial charge in [0.2, 0.25) is 5.91 Å².